The van der Waals surface area contributed by atoms with Gasteiger partial charge in [-0.15, -0.1) is 11.3 Å². The molecule has 1 atom stereocenters. The number of nitrogens with one attached hydrogen (secondary N) is 1. The van der Waals surface area contributed by atoms with Gasteiger partial charge in [0.25, 0.3) is 0 Å². The number of hydrogen-bond acceptors (Lipinski definition) is 3. The molecule has 0 radical (unpaired) electrons. The monoisotopic (exact) mass is 358 g/mol. The van der Waals surface area contributed by atoms with Gasteiger partial charge in [-0.05, 0) is 72.7 Å². The van der Waals surface area contributed by atoms with E-state index in [1.54, 1.807) is 0 Å². The maximum atomic E-state index is 3.78. The van der Waals surface area contributed by atoms with Crippen molar-refractivity contribution in [2.45, 2.75) is 58.0 Å². The zero-order valence-corrected chi connectivity index (χ0v) is 15.3. The predicted molar refractivity (Wildman–Crippen MR) is 92.6 cm³/mol. The smallest absolute Gasteiger partial charge is 0.0613 e. The van der Waals surface area contributed by atoms with E-state index in [0.29, 0.717) is 6.04 Å². The highest BCUT2D eigenvalue weighted by atomic mass is 79.9. The van der Waals surface area contributed by atoms with Crippen molar-refractivity contribution >= 4 is 27.3 Å². The van der Waals surface area contributed by atoms with Crippen molar-refractivity contribution < 1.29 is 0 Å². The SMILES string of the molecule is CCNC(c1sccc1Br)C(CC)(CC)N1CCCC1. The van der Waals surface area contributed by atoms with E-state index in [-0.39, 0.29) is 5.54 Å². The second-order valence-electron chi connectivity index (χ2n) is 5.63. The molecule has 1 aromatic heterocycles. The van der Waals surface area contributed by atoms with Gasteiger partial charge in [-0.3, -0.25) is 4.90 Å². The Morgan fingerprint density at radius 1 is 1.30 bits per heavy atom. The zero-order chi connectivity index (χ0) is 14.6. The first kappa shape index (κ1) is 16.5. The van der Waals surface area contributed by atoms with E-state index in [2.05, 4.69) is 58.4 Å². The second kappa shape index (κ2) is 7.39. The number of hydrogen-bond donors (Lipinski definition) is 1. The fraction of sp³-hybridized carbons (Fsp3) is 0.750. The molecule has 4 heteroatoms. The number of likely N-dealkylation sites (N-methyl/N-ethyl adjacent to an activating group) is 1. The third-order valence-corrected chi connectivity index (χ3v) is 6.75. The van der Waals surface area contributed by atoms with Gasteiger partial charge in [-0.2, -0.15) is 0 Å². The largest absolute Gasteiger partial charge is 0.308 e. The van der Waals surface area contributed by atoms with Crippen molar-refractivity contribution in [2.24, 2.45) is 0 Å². The minimum Gasteiger partial charge on any atom is -0.308 e. The summed E-state index contributed by atoms with van der Waals surface area (Å²) < 4.78 is 1.26. The van der Waals surface area contributed by atoms with Crippen molar-refractivity contribution in [3.8, 4) is 0 Å². The molecule has 2 nitrogen and oxygen atoms in total. The van der Waals surface area contributed by atoms with Crippen LogP contribution in [0.1, 0.15) is 57.4 Å². The van der Waals surface area contributed by atoms with E-state index < -0.39 is 0 Å². The van der Waals surface area contributed by atoms with Gasteiger partial charge in [0, 0.05) is 14.9 Å². The molecule has 1 fully saturated rings. The highest BCUT2D eigenvalue weighted by molar-refractivity contribution is 9.10. The lowest BCUT2D eigenvalue weighted by Gasteiger charge is -2.47. The number of rotatable bonds is 7. The molecule has 0 amide bonds. The van der Waals surface area contributed by atoms with Gasteiger partial charge in [0.2, 0.25) is 0 Å². The molecule has 0 bridgehead atoms. The first-order chi connectivity index (χ1) is 9.69. The van der Waals surface area contributed by atoms with E-state index in [1.807, 2.05) is 11.3 Å². The Balaban J connectivity index is 2.39. The van der Waals surface area contributed by atoms with Crippen molar-refractivity contribution in [3.05, 3.63) is 20.8 Å². The molecule has 20 heavy (non-hydrogen) atoms. The topological polar surface area (TPSA) is 15.3 Å². The van der Waals surface area contributed by atoms with E-state index in [9.17, 15) is 0 Å². The van der Waals surface area contributed by atoms with Crippen LogP contribution in [0, 0.1) is 0 Å². The molecule has 1 N–H and O–H groups in total. The Bertz CT molecular complexity index is 408. The van der Waals surface area contributed by atoms with Crippen LogP contribution in [-0.4, -0.2) is 30.1 Å². The molecular weight excluding hydrogens is 332 g/mol. The van der Waals surface area contributed by atoms with Gasteiger partial charge in [0.1, 0.15) is 0 Å². The number of halogens is 1. The fourth-order valence-electron chi connectivity index (χ4n) is 3.69. The Morgan fingerprint density at radius 3 is 2.40 bits per heavy atom. The zero-order valence-electron chi connectivity index (χ0n) is 12.9. The number of nitrogens with zero attached hydrogens (tertiary/aromatic N) is 1. The molecule has 2 heterocycles. The summed E-state index contributed by atoms with van der Waals surface area (Å²) in [4.78, 5) is 4.20. The summed E-state index contributed by atoms with van der Waals surface area (Å²) in [6.07, 6.45) is 5.11. The summed E-state index contributed by atoms with van der Waals surface area (Å²) in [5.41, 5.74) is 0.250. The minimum atomic E-state index is 0.250. The van der Waals surface area contributed by atoms with E-state index >= 15 is 0 Å². The Labute approximate surface area is 136 Å². The molecule has 1 unspecified atom stereocenters. The lowest BCUT2D eigenvalue weighted by molar-refractivity contribution is 0.0634. The Morgan fingerprint density at radius 2 is 1.95 bits per heavy atom. The van der Waals surface area contributed by atoms with Gasteiger partial charge in [0.05, 0.1) is 6.04 Å². The first-order valence-corrected chi connectivity index (χ1v) is 9.58. The van der Waals surface area contributed by atoms with Crippen LogP contribution in [0.3, 0.4) is 0 Å². The highest BCUT2D eigenvalue weighted by Crippen LogP contribution is 2.43. The maximum Gasteiger partial charge on any atom is 0.0613 e. The minimum absolute atomic E-state index is 0.250. The summed E-state index contributed by atoms with van der Waals surface area (Å²) >= 11 is 5.63. The van der Waals surface area contributed by atoms with E-state index in [4.69, 9.17) is 0 Å². The van der Waals surface area contributed by atoms with Gasteiger partial charge >= 0.3 is 0 Å². The van der Waals surface area contributed by atoms with Crippen LogP contribution in [0.15, 0.2) is 15.9 Å². The van der Waals surface area contributed by atoms with Gasteiger partial charge in [0.15, 0.2) is 0 Å². The summed E-state index contributed by atoms with van der Waals surface area (Å²) in [6.45, 7) is 10.5. The van der Waals surface area contributed by atoms with E-state index in [0.717, 1.165) is 6.54 Å². The number of thiophene rings is 1. The van der Waals surface area contributed by atoms with E-state index in [1.165, 1.54) is 48.1 Å². The second-order valence-corrected chi connectivity index (χ2v) is 7.43. The summed E-state index contributed by atoms with van der Waals surface area (Å²) in [5.74, 6) is 0. The fourth-order valence-corrected chi connectivity index (χ4v) is 5.48. The molecule has 114 valence electrons. The third-order valence-electron chi connectivity index (χ3n) is 4.81. The molecule has 2 rings (SSSR count). The molecule has 1 saturated heterocycles. The lowest BCUT2D eigenvalue weighted by Crippen LogP contribution is -2.55. The summed E-state index contributed by atoms with van der Waals surface area (Å²) in [6, 6.07) is 2.61. The molecule has 1 aliphatic rings. The van der Waals surface area contributed by atoms with Crippen molar-refractivity contribution in [1.29, 1.82) is 0 Å². The normalized spacial score (nSPS) is 18.6. The van der Waals surface area contributed by atoms with Crippen LogP contribution in [0.5, 0.6) is 0 Å². The highest BCUT2D eigenvalue weighted by Gasteiger charge is 2.43. The van der Waals surface area contributed by atoms with Crippen molar-refractivity contribution in [1.82, 2.24) is 10.2 Å². The summed E-state index contributed by atoms with van der Waals surface area (Å²) in [5, 5.41) is 5.98. The quantitative estimate of drug-likeness (QED) is 0.751. The average Bonchev–Trinajstić information content (AvgIpc) is 3.11. The molecule has 0 saturated carbocycles. The summed E-state index contributed by atoms with van der Waals surface area (Å²) in [7, 11) is 0. The van der Waals surface area contributed by atoms with Gasteiger partial charge in [-0.25, -0.2) is 0 Å². The molecule has 1 aromatic rings. The Hall–Kier alpha value is 0.1000. The van der Waals surface area contributed by atoms with Gasteiger partial charge < -0.3 is 5.32 Å². The third kappa shape index (κ3) is 2.99. The van der Waals surface area contributed by atoms with Crippen LogP contribution in [-0.2, 0) is 0 Å². The lowest BCUT2D eigenvalue weighted by atomic mass is 9.81. The predicted octanol–water partition coefficient (Wildman–Crippen LogP) is 4.82. The Kier molecular flexibility index (Phi) is 6.09. The van der Waals surface area contributed by atoms with Crippen LogP contribution in [0.2, 0.25) is 0 Å². The standard InChI is InChI=1S/C16H27BrN2S/c1-4-16(5-2,19-10-7-8-11-19)15(18-6-3)14-13(17)9-12-20-14/h9,12,15,18H,4-8,10-11H2,1-3H3. The van der Waals surface area contributed by atoms with Crippen LogP contribution < -0.4 is 5.32 Å². The molecular formula is C16H27BrN2S. The van der Waals surface area contributed by atoms with Crippen molar-refractivity contribution in [2.75, 3.05) is 19.6 Å². The molecule has 0 aromatic carbocycles. The van der Waals surface area contributed by atoms with Gasteiger partial charge in [-0.1, -0.05) is 20.8 Å². The average molecular weight is 359 g/mol. The first-order valence-electron chi connectivity index (χ1n) is 7.90. The number of likely N-dealkylation sites (tertiary alicyclic amines) is 1. The maximum absolute atomic E-state index is 3.78. The molecule has 0 aliphatic carbocycles. The van der Waals surface area contributed by atoms with Crippen LogP contribution in [0.25, 0.3) is 0 Å². The van der Waals surface area contributed by atoms with Crippen molar-refractivity contribution in [3.63, 3.8) is 0 Å². The molecule has 0 spiro atoms. The van der Waals surface area contributed by atoms with Crippen LogP contribution >= 0.6 is 27.3 Å². The van der Waals surface area contributed by atoms with Crippen LogP contribution in [0.4, 0.5) is 0 Å². The molecule has 1 aliphatic heterocycles.